The summed E-state index contributed by atoms with van der Waals surface area (Å²) in [5, 5.41) is 12.2. The van der Waals surface area contributed by atoms with Gasteiger partial charge in [-0.2, -0.15) is 0 Å². The number of nitrogens with zero attached hydrogens (tertiary/aromatic N) is 1. The van der Waals surface area contributed by atoms with Crippen LogP contribution in [-0.4, -0.2) is 30.3 Å². The fourth-order valence-electron chi connectivity index (χ4n) is 2.28. The summed E-state index contributed by atoms with van der Waals surface area (Å²) < 4.78 is 10.2. The second kappa shape index (κ2) is 6.69. The Labute approximate surface area is 137 Å². The van der Waals surface area contributed by atoms with Crippen molar-refractivity contribution in [2.45, 2.75) is 6.61 Å². The molecule has 1 aliphatic heterocycles. The summed E-state index contributed by atoms with van der Waals surface area (Å²) in [4.78, 5) is 28.0. The molecule has 0 atom stereocenters. The van der Waals surface area contributed by atoms with Crippen molar-refractivity contribution >= 4 is 30.0 Å². The molecule has 0 saturated carbocycles. The highest BCUT2D eigenvalue weighted by Crippen LogP contribution is 2.19. The maximum atomic E-state index is 11.9. The smallest absolute Gasteiger partial charge is 0.423 e. The highest BCUT2D eigenvalue weighted by molar-refractivity contribution is 6.61. The van der Waals surface area contributed by atoms with Crippen molar-refractivity contribution in [1.82, 2.24) is 0 Å². The Kier molecular flexibility index (Phi) is 4.45. The lowest BCUT2D eigenvalue weighted by molar-refractivity contribution is -0.736. The lowest BCUT2D eigenvalue weighted by atomic mass is 9.79. The van der Waals surface area contributed by atoms with E-state index in [1.807, 2.05) is 0 Å². The molecular weight excluding hydrogens is 315 g/mol. The number of carbonyl (C=O) groups is 1. The first-order valence-corrected chi connectivity index (χ1v) is 7.09. The number of anilines is 1. The highest BCUT2D eigenvalue weighted by Gasteiger charge is 2.27. The highest BCUT2D eigenvalue weighted by atomic mass is 16.8. The van der Waals surface area contributed by atoms with Crippen LogP contribution < -0.4 is 15.5 Å². The van der Waals surface area contributed by atoms with Crippen LogP contribution in [0.4, 0.5) is 16.2 Å². The second-order valence-corrected chi connectivity index (χ2v) is 5.03. The van der Waals surface area contributed by atoms with Gasteiger partial charge in [0.1, 0.15) is 5.75 Å². The molecule has 2 N–H and O–H groups in total. The molecule has 0 unspecified atom stereocenters. The minimum Gasteiger partial charge on any atom is -0.423 e. The van der Waals surface area contributed by atoms with Gasteiger partial charge in [0, 0.05) is 17.8 Å². The summed E-state index contributed by atoms with van der Waals surface area (Å²) in [5.74, 6) is 0.269. The zero-order valence-electron chi connectivity index (χ0n) is 12.8. The molecule has 0 saturated heterocycles. The molecule has 122 valence electrons. The van der Waals surface area contributed by atoms with Crippen molar-refractivity contribution in [2.24, 2.45) is 0 Å². The number of hydrogen-bond acceptors (Lipinski definition) is 6. The van der Waals surface area contributed by atoms with Crippen LogP contribution in [0.2, 0.25) is 0 Å². The Morgan fingerprint density at radius 1 is 1.29 bits per heavy atom. The third-order valence-electron chi connectivity index (χ3n) is 3.48. The van der Waals surface area contributed by atoms with Crippen molar-refractivity contribution < 1.29 is 29.0 Å². The Morgan fingerprint density at radius 3 is 2.75 bits per heavy atom. The molecule has 0 spiro atoms. The van der Waals surface area contributed by atoms with Gasteiger partial charge >= 0.3 is 18.9 Å². The third kappa shape index (κ3) is 3.37. The van der Waals surface area contributed by atoms with Gasteiger partial charge in [0.15, 0.2) is 7.11 Å². The van der Waals surface area contributed by atoms with E-state index < -0.39 is 13.2 Å². The van der Waals surface area contributed by atoms with Gasteiger partial charge in [0.05, 0.1) is 11.5 Å². The minimum absolute atomic E-state index is 0.269. The van der Waals surface area contributed by atoms with E-state index in [9.17, 15) is 14.7 Å². The number of hydrogen-bond donors (Lipinski definition) is 2. The van der Waals surface area contributed by atoms with Crippen LogP contribution in [0.5, 0.6) is 5.75 Å². The van der Waals surface area contributed by atoms with Crippen LogP contribution >= 0.6 is 0 Å². The first kappa shape index (κ1) is 16.0. The van der Waals surface area contributed by atoms with Crippen molar-refractivity contribution in [1.29, 1.82) is 0 Å². The average Bonchev–Trinajstić information content (AvgIpc) is 2.95. The number of benzene rings is 2. The predicted octanol–water partition coefficient (Wildman–Crippen LogP) is 1.49. The van der Waals surface area contributed by atoms with E-state index in [4.69, 9.17) is 9.39 Å². The van der Waals surface area contributed by atoms with Gasteiger partial charge in [-0.15, -0.1) is 0 Å². The van der Waals surface area contributed by atoms with Gasteiger partial charge < -0.3 is 14.4 Å². The van der Waals surface area contributed by atoms with Gasteiger partial charge in [0.25, 0.3) is 4.92 Å². The zero-order chi connectivity index (χ0) is 17.1. The summed E-state index contributed by atoms with van der Waals surface area (Å²) in [6.07, 6.45) is -0.693. The van der Waals surface area contributed by atoms with Gasteiger partial charge in [0.2, 0.25) is 0 Å². The maximum absolute atomic E-state index is 11.9. The summed E-state index contributed by atoms with van der Waals surface area (Å²) >= 11 is 0. The van der Waals surface area contributed by atoms with E-state index in [0.29, 0.717) is 22.7 Å². The topological polar surface area (TPSA) is 97.1 Å². The molecular formula is C15H14BN2O6+. The normalized spacial score (nSPS) is 12.5. The molecule has 3 rings (SSSR count). The Morgan fingerprint density at radius 2 is 2.04 bits per heavy atom. The standard InChI is InChI=1S/C15H13BN2O6/c1-22-18(21)12-4-6-13(7-5-12)24-15(19)17-11-3-2-10-9-23-16(20)14(10)8-11/h2-8,20H,9H2,1H3/p+1. The summed E-state index contributed by atoms with van der Waals surface area (Å²) in [6, 6.07) is 11.0. The molecule has 9 heteroatoms. The number of carbonyl (C=O) groups excluding carboxylic acids is 1. The lowest BCUT2D eigenvalue weighted by Crippen LogP contribution is -2.28. The number of ether oxygens (including phenoxy) is 1. The Bertz CT molecular complexity index is 780. The number of nitrogens with one attached hydrogen (secondary N) is 1. The number of amides is 1. The average molecular weight is 329 g/mol. The van der Waals surface area contributed by atoms with Crippen LogP contribution in [0.25, 0.3) is 0 Å². The van der Waals surface area contributed by atoms with Crippen LogP contribution in [-0.2, 0) is 16.1 Å². The SMILES string of the molecule is CO[N+](=O)c1ccc(OC(=O)Nc2ccc3c(c2)B(O)OC3)cc1. The van der Waals surface area contributed by atoms with E-state index >= 15 is 0 Å². The first-order chi connectivity index (χ1) is 11.6. The van der Waals surface area contributed by atoms with E-state index in [0.717, 1.165) is 5.56 Å². The van der Waals surface area contributed by atoms with Gasteiger partial charge in [-0.3, -0.25) is 5.32 Å². The second-order valence-electron chi connectivity index (χ2n) is 5.03. The van der Waals surface area contributed by atoms with Crippen molar-refractivity contribution in [3.63, 3.8) is 0 Å². The van der Waals surface area contributed by atoms with E-state index in [1.54, 1.807) is 18.2 Å². The molecule has 8 nitrogen and oxygen atoms in total. The molecule has 2 aromatic carbocycles. The third-order valence-corrected chi connectivity index (χ3v) is 3.48. The fourth-order valence-corrected chi connectivity index (χ4v) is 2.28. The zero-order valence-corrected chi connectivity index (χ0v) is 12.8. The largest absolute Gasteiger partial charge is 0.491 e. The van der Waals surface area contributed by atoms with E-state index in [-0.39, 0.29) is 11.4 Å². The summed E-state index contributed by atoms with van der Waals surface area (Å²) in [6.45, 7) is 0.339. The predicted molar refractivity (Wildman–Crippen MR) is 85.2 cm³/mol. The molecule has 1 aliphatic rings. The minimum atomic E-state index is -0.985. The summed E-state index contributed by atoms with van der Waals surface area (Å²) in [5.41, 5.74) is 2.24. The van der Waals surface area contributed by atoms with Crippen LogP contribution in [0, 0.1) is 4.91 Å². The number of rotatable bonds is 4. The van der Waals surface area contributed by atoms with Crippen LogP contribution in [0.1, 0.15) is 5.56 Å². The van der Waals surface area contributed by atoms with E-state index in [2.05, 4.69) is 10.2 Å². The lowest BCUT2D eigenvalue weighted by Gasteiger charge is -2.08. The Balaban J connectivity index is 1.64. The monoisotopic (exact) mass is 329 g/mol. The molecule has 24 heavy (non-hydrogen) atoms. The maximum Gasteiger partial charge on any atom is 0.491 e. The van der Waals surface area contributed by atoms with Gasteiger partial charge in [-0.25, -0.2) is 9.63 Å². The molecule has 1 amide bonds. The van der Waals surface area contributed by atoms with E-state index in [1.165, 1.54) is 31.4 Å². The first-order valence-electron chi connectivity index (χ1n) is 7.09. The van der Waals surface area contributed by atoms with Crippen LogP contribution in [0.15, 0.2) is 42.5 Å². The van der Waals surface area contributed by atoms with Crippen molar-refractivity contribution in [3.05, 3.63) is 52.9 Å². The number of fused-ring (bicyclic) bond motifs is 1. The fraction of sp³-hybridized carbons (Fsp3) is 0.133. The van der Waals surface area contributed by atoms with Crippen molar-refractivity contribution in [3.8, 4) is 5.75 Å². The summed E-state index contributed by atoms with van der Waals surface area (Å²) in [7, 11) is 0.268. The molecule has 2 aromatic rings. The molecule has 1 heterocycles. The molecule has 0 bridgehead atoms. The van der Waals surface area contributed by atoms with Gasteiger partial charge in [-0.05, 0) is 35.3 Å². The molecule has 0 radical (unpaired) electrons. The quantitative estimate of drug-likeness (QED) is 0.651. The Hall–Kier alpha value is -2.91. The molecule has 0 aliphatic carbocycles. The van der Waals surface area contributed by atoms with Crippen LogP contribution in [0.3, 0.4) is 0 Å². The van der Waals surface area contributed by atoms with Gasteiger partial charge in [-0.1, -0.05) is 6.07 Å². The van der Waals surface area contributed by atoms with Crippen molar-refractivity contribution in [2.75, 3.05) is 12.4 Å². The molecule has 0 fully saturated rings. The molecule has 0 aromatic heterocycles.